The third-order valence-electron chi connectivity index (χ3n) is 5.72. The van der Waals surface area contributed by atoms with E-state index >= 15 is 0 Å². The molecule has 1 aliphatic heterocycles. The Hall–Kier alpha value is -2.66. The van der Waals surface area contributed by atoms with Crippen molar-refractivity contribution >= 4 is 40.7 Å². The molecule has 0 spiro atoms. The first-order chi connectivity index (χ1) is 15.2. The second-order valence-electron chi connectivity index (χ2n) is 8.26. The molecule has 174 valence electrons. The Morgan fingerprint density at radius 3 is 2.59 bits per heavy atom. The van der Waals surface area contributed by atoms with E-state index < -0.39 is 42.2 Å². The lowest BCUT2D eigenvalue weighted by Gasteiger charge is -2.22. The van der Waals surface area contributed by atoms with E-state index in [2.05, 4.69) is 9.97 Å². The second kappa shape index (κ2) is 8.70. The van der Waals surface area contributed by atoms with Crippen molar-refractivity contribution < 1.29 is 23.8 Å². The van der Waals surface area contributed by atoms with E-state index in [1.165, 1.54) is 23.0 Å². The first kappa shape index (κ1) is 22.5. The maximum Gasteiger partial charge on any atom is 0.332 e. The third kappa shape index (κ3) is 4.31. The van der Waals surface area contributed by atoms with Crippen molar-refractivity contribution in [3.8, 4) is 0 Å². The highest BCUT2D eigenvalue weighted by atomic mass is 35.5. The number of aromatic nitrogens is 4. The monoisotopic (exact) mass is 467 g/mol. The molecule has 0 amide bonds. The molecule has 4 atom stereocenters. The minimum atomic E-state index is -0.991. The minimum Gasteiger partial charge on any atom is -0.460 e. The normalized spacial score (nSPS) is 23.9. The molecule has 12 heteroatoms. The van der Waals surface area contributed by atoms with Crippen LogP contribution in [0.3, 0.4) is 0 Å². The molecule has 0 bridgehead atoms. The Morgan fingerprint density at radius 1 is 1.28 bits per heavy atom. The molecule has 1 saturated carbocycles. The van der Waals surface area contributed by atoms with Crippen LogP contribution in [0.5, 0.6) is 0 Å². The predicted molar refractivity (Wildman–Crippen MR) is 114 cm³/mol. The van der Waals surface area contributed by atoms with Gasteiger partial charge in [-0.2, -0.15) is 9.97 Å². The van der Waals surface area contributed by atoms with E-state index in [9.17, 15) is 14.4 Å². The number of rotatable bonds is 7. The van der Waals surface area contributed by atoms with Crippen molar-refractivity contribution in [1.82, 2.24) is 19.1 Å². The molecule has 1 saturated heterocycles. The van der Waals surface area contributed by atoms with Gasteiger partial charge in [-0.3, -0.25) is 14.2 Å². The lowest BCUT2D eigenvalue weighted by Crippen LogP contribution is -2.34. The molecular weight excluding hydrogens is 442 g/mol. The summed E-state index contributed by atoms with van der Waals surface area (Å²) in [5.74, 6) is -0.690. The molecule has 3 heterocycles. The molecule has 2 N–H and O–H groups in total. The van der Waals surface area contributed by atoms with Crippen molar-refractivity contribution in [3.05, 3.63) is 15.6 Å². The predicted octanol–water partition coefficient (Wildman–Crippen LogP) is 1.80. The highest BCUT2D eigenvalue weighted by Crippen LogP contribution is 2.37. The van der Waals surface area contributed by atoms with Crippen LogP contribution in [0.25, 0.3) is 11.2 Å². The van der Waals surface area contributed by atoms with E-state index in [-0.39, 0.29) is 23.2 Å². The third-order valence-corrected chi connectivity index (χ3v) is 5.98. The zero-order valence-electron chi connectivity index (χ0n) is 18.1. The van der Waals surface area contributed by atoms with Gasteiger partial charge in [-0.1, -0.05) is 18.5 Å². The maximum atomic E-state index is 13.5. The average molecular weight is 468 g/mol. The first-order valence-corrected chi connectivity index (χ1v) is 11.0. The van der Waals surface area contributed by atoms with Crippen LogP contribution in [0.2, 0.25) is 5.15 Å². The number of hydrogen-bond donors (Lipinski definition) is 1. The minimum absolute atomic E-state index is 0.0638. The van der Waals surface area contributed by atoms with Crippen LogP contribution in [0.15, 0.2) is 4.79 Å². The number of carbonyl (C=O) groups is 2. The van der Waals surface area contributed by atoms with E-state index in [1.54, 1.807) is 0 Å². The number of fused-ring (bicyclic) bond motifs is 1. The summed E-state index contributed by atoms with van der Waals surface area (Å²) in [4.78, 5) is 45.1. The number of carbonyl (C=O) groups excluding carboxylic acids is 2. The molecule has 1 unspecified atom stereocenters. The van der Waals surface area contributed by atoms with Crippen LogP contribution in [0, 0.1) is 5.92 Å². The first-order valence-electron chi connectivity index (χ1n) is 10.6. The number of hydrogen-bond acceptors (Lipinski definition) is 9. The Balaban J connectivity index is 1.81. The fraction of sp³-hybridized carbons (Fsp3) is 0.650. The Morgan fingerprint density at radius 2 is 2.00 bits per heavy atom. The molecule has 2 aromatic heterocycles. The molecule has 2 aliphatic rings. The van der Waals surface area contributed by atoms with Crippen molar-refractivity contribution in [2.75, 3.05) is 5.73 Å². The molecule has 0 aromatic carbocycles. The van der Waals surface area contributed by atoms with Gasteiger partial charge in [0.05, 0.1) is 0 Å². The van der Waals surface area contributed by atoms with Crippen molar-refractivity contribution in [1.29, 1.82) is 0 Å². The van der Waals surface area contributed by atoms with Gasteiger partial charge in [0.25, 0.3) is 0 Å². The largest absolute Gasteiger partial charge is 0.460 e. The van der Waals surface area contributed by atoms with Crippen molar-refractivity contribution in [3.63, 3.8) is 0 Å². The Bertz CT molecular complexity index is 1110. The molecule has 32 heavy (non-hydrogen) atoms. The van der Waals surface area contributed by atoms with E-state index in [0.29, 0.717) is 24.4 Å². The summed E-state index contributed by atoms with van der Waals surface area (Å²) < 4.78 is 19.9. The zero-order chi connectivity index (χ0) is 23.2. The summed E-state index contributed by atoms with van der Waals surface area (Å²) in [5, 5.41) is 0.0638. The van der Waals surface area contributed by atoms with Gasteiger partial charge < -0.3 is 19.9 Å². The van der Waals surface area contributed by atoms with Crippen LogP contribution >= 0.6 is 11.6 Å². The number of halogens is 1. The van der Waals surface area contributed by atoms with E-state index in [1.807, 2.05) is 6.92 Å². The standard InChI is InChI=1S/C20H26ClN5O6/c1-4-12(30-9(2)27)13-7-14(31-10(3)28)18(32-13)26-17-15(16(21)23-19(22)24-17)25(20(26)29)8-11-5-6-11/h11-14,18H,4-8H2,1-3H3,(H2,22,23,24)/t12?,13-,14+,18+/m0/s1. The molecule has 1 aliphatic carbocycles. The molecular formula is C20H26ClN5O6. The fourth-order valence-corrected chi connectivity index (χ4v) is 4.47. The number of nitrogens with two attached hydrogens (primary N) is 1. The van der Waals surface area contributed by atoms with Crippen molar-refractivity contribution in [2.45, 2.75) is 77.5 Å². The van der Waals surface area contributed by atoms with Gasteiger partial charge in [-0.15, -0.1) is 0 Å². The van der Waals surface area contributed by atoms with Gasteiger partial charge in [0, 0.05) is 26.8 Å². The van der Waals surface area contributed by atoms with Gasteiger partial charge in [0.15, 0.2) is 17.0 Å². The summed E-state index contributed by atoms with van der Waals surface area (Å²) in [5.41, 5.74) is 5.98. The molecule has 0 radical (unpaired) electrons. The lowest BCUT2D eigenvalue weighted by atomic mass is 10.1. The van der Waals surface area contributed by atoms with Gasteiger partial charge in [-0.25, -0.2) is 9.36 Å². The fourth-order valence-electron chi connectivity index (χ4n) is 4.19. The lowest BCUT2D eigenvalue weighted by molar-refractivity contribution is -0.158. The highest BCUT2D eigenvalue weighted by molar-refractivity contribution is 6.33. The number of nitrogens with zero attached hydrogens (tertiary/aromatic N) is 4. The van der Waals surface area contributed by atoms with Crippen LogP contribution in [-0.2, 0) is 30.3 Å². The zero-order valence-corrected chi connectivity index (χ0v) is 18.9. The van der Waals surface area contributed by atoms with Crippen LogP contribution < -0.4 is 11.4 Å². The topological polar surface area (TPSA) is 141 Å². The van der Waals surface area contributed by atoms with E-state index in [0.717, 1.165) is 12.8 Å². The molecule has 11 nitrogen and oxygen atoms in total. The number of esters is 2. The summed E-state index contributed by atoms with van der Waals surface area (Å²) in [6.45, 7) is 4.92. The highest BCUT2D eigenvalue weighted by Gasteiger charge is 2.45. The maximum absolute atomic E-state index is 13.5. The van der Waals surface area contributed by atoms with Gasteiger partial charge in [0.1, 0.15) is 23.8 Å². The van der Waals surface area contributed by atoms with Crippen LogP contribution in [-0.4, -0.2) is 49.4 Å². The molecule has 2 aromatic rings. The number of nitrogen functional groups attached to an aromatic ring is 1. The second-order valence-corrected chi connectivity index (χ2v) is 8.61. The van der Waals surface area contributed by atoms with E-state index in [4.69, 9.17) is 31.5 Å². The number of ether oxygens (including phenoxy) is 3. The summed E-state index contributed by atoms with van der Waals surface area (Å²) in [6, 6.07) is 0. The molecule has 2 fully saturated rings. The smallest absolute Gasteiger partial charge is 0.332 e. The van der Waals surface area contributed by atoms with Crippen LogP contribution in [0.1, 0.15) is 52.7 Å². The van der Waals surface area contributed by atoms with Crippen LogP contribution in [0.4, 0.5) is 5.95 Å². The SMILES string of the molecule is CCC(OC(C)=O)[C@@H]1C[C@@H](OC(C)=O)[C@H](n2c(=O)n(CC3CC3)c3c(Cl)nc(N)nc32)O1. The quantitative estimate of drug-likeness (QED) is 0.476. The number of imidazole rings is 1. The van der Waals surface area contributed by atoms with Crippen molar-refractivity contribution in [2.24, 2.45) is 5.92 Å². The summed E-state index contributed by atoms with van der Waals surface area (Å²) in [6.07, 6.45) is -0.161. The Labute approximate surface area is 188 Å². The summed E-state index contributed by atoms with van der Waals surface area (Å²) >= 11 is 6.36. The molecule has 4 rings (SSSR count). The number of anilines is 1. The van der Waals surface area contributed by atoms with Gasteiger partial charge in [-0.05, 0) is 25.2 Å². The van der Waals surface area contributed by atoms with Gasteiger partial charge in [0.2, 0.25) is 5.95 Å². The summed E-state index contributed by atoms with van der Waals surface area (Å²) in [7, 11) is 0. The van der Waals surface area contributed by atoms with Gasteiger partial charge >= 0.3 is 17.6 Å². The Kier molecular flexibility index (Phi) is 6.13. The average Bonchev–Trinajstić information content (AvgIpc) is 3.37.